The van der Waals surface area contributed by atoms with Crippen molar-refractivity contribution < 1.29 is 43.9 Å². The zero-order chi connectivity index (χ0) is 21.4. The van der Waals surface area contributed by atoms with E-state index in [-0.39, 0.29) is 12.9 Å². The Kier molecular flexibility index (Phi) is 4.64. The van der Waals surface area contributed by atoms with E-state index < -0.39 is 71.7 Å². The fourth-order valence-electron chi connectivity index (χ4n) is 6.95. The average Bonchev–Trinajstić information content (AvgIpc) is 3.15. The van der Waals surface area contributed by atoms with Crippen LogP contribution in [-0.2, 0) is 28.5 Å². The first-order valence-corrected chi connectivity index (χ1v) is 9.91. The van der Waals surface area contributed by atoms with Gasteiger partial charge in [-0.1, -0.05) is 19.1 Å². The molecule has 3 saturated heterocycles. The lowest BCUT2D eigenvalue weighted by molar-refractivity contribution is -0.243. The summed E-state index contributed by atoms with van der Waals surface area (Å²) in [7, 11) is 0. The predicted molar refractivity (Wildman–Crippen MR) is 95.8 cm³/mol. The number of carbonyl (C=O) groups is 2. The van der Waals surface area contributed by atoms with Gasteiger partial charge in [-0.05, 0) is 32.6 Å². The third-order valence-corrected chi connectivity index (χ3v) is 7.87. The van der Waals surface area contributed by atoms with Gasteiger partial charge in [0, 0.05) is 5.92 Å². The van der Waals surface area contributed by atoms with E-state index >= 15 is 0 Å². The van der Waals surface area contributed by atoms with Gasteiger partial charge in [0.15, 0.2) is 11.9 Å². The number of aliphatic hydroxyl groups excluding tert-OH is 3. The first-order valence-electron chi connectivity index (χ1n) is 9.91. The monoisotopic (exact) mass is 412 g/mol. The molecular weight excluding hydrogens is 384 g/mol. The van der Waals surface area contributed by atoms with Crippen molar-refractivity contribution in [2.75, 3.05) is 6.61 Å². The SMILES string of the molecule is C=C(C)[C@@H]1CC2OC(=O)C34OC(OC=O)C1([C@H](C)O)C23CC(CO)OC(O)[C@H]4C. The highest BCUT2D eigenvalue weighted by Crippen LogP contribution is 2.78. The van der Waals surface area contributed by atoms with Gasteiger partial charge >= 0.3 is 5.97 Å². The lowest BCUT2D eigenvalue weighted by Crippen LogP contribution is -2.62. The van der Waals surface area contributed by atoms with E-state index in [0.29, 0.717) is 6.42 Å². The summed E-state index contributed by atoms with van der Waals surface area (Å²) in [5.41, 5.74) is -3.46. The molecule has 0 aromatic carbocycles. The molecule has 0 aromatic rings. The molecule has 162 valence electrons. The number of allylic oxidation sites excluding steroid dienone is 1. The molecule has 4 rings (SSSR count). The second-order valence-electron chi connectivity index (χ2n) is 8.85. The van der Waals surface area contributed by atoms with Crippen LogP contribution in [0.1, 0.15) is 33.6 Å². The Morgan fingerprint density at radius 1 is 1.48 bits per heavy atom. The highest BCUT2D eigenvalue weighted by molar-refractivity contribution is 5.86. The molecule has 1 saturated carbocycles. The first-order chi connectivity index (χ1) is 13.6. The van der Waals surface area contributed by atoms with Crippen LogP contribution in [0, 0.1) is 22.7 Å². The van der Waals surface area contributed by atoms with Gasteiger partial charge in [0.1, 0.15) is 6.10 Å². The summed E-state index contributed by atoms with van der Waals surface area (Å²) >= 11 is 0. The molecule has 9 heteroatoms. The standard InChI is InChI=1S/C20H28O9/c1-9(2)13-5-14-18-6-12(7-21)27-15(24)10(3)20(18,16(25)28-14)29-17(26-8-22)19(13,18)11(4)23/h8,10-15,17,21,23-24H,1,5-7H2,2-4H3/t10-,11+,12?,13+,14?,15?,17?,18?,19?,20?/m1/s1. The summed E-state index contributed by atoms with van der Waals surface area (Å²) in [6.07, 6.45) is -4.85. The van der Waals surface area contributed by atoms with Gasteiger partial charge in [-0.3, -0.25) is 4.79 Å². The number of carbonyl (C=O) groups excluding carboxylic acids is 2. The Morgan fingerprint density at radius 3 is 2.72 bits per heavy atom. The van der Waals surface area contributed by atoms with E-state index in [0.717, 1.165) is 5.57 Å². The molecule has 3 aliphatic heterocycles. The maximum Gasteiger partial charge on any atom is 0.340 e. The van der Waals surface area contributed by atoms with Crippen LogP contribution < -0.4 is 0 Å². The van der Waals surface area contributed by atoms with Gasteiger partial charge in [-0.15, -0.1) is 0 Å². The molecule has 0 aromatic heterocycles. The number of hydrogen-bond donors (Lipinski definition) is 3. The second-order valence-corrected chi connectivity index (χ2v) is 8.85. The van der Waals surface area contributed by atoms with Gasteiger partial charge in [0.2, 0.25) is 6.29 Å². The first kappa shape index (κ1) is 20.7. The minimum atomic E-state index is -1.71. The number of hydrogen-bond acceptors (Lipinski definition) is 9. The molecule has 10 atom stereocenters. The topological polar surface area (TPSA) is 132 Å². The van der Waals surface area contributed by atoms with Gasteiger partial charge in [0.25, 0.3) is 6.47 Å². The van der Waals surface area contributed by atoms with Gasteiger partial charge in [-0.25, -0.2) is 4.79 Å². The van der Waals surface area contributed by atoms with Crippen LogP contribution >= 0.6 is 0 Å². The molecule has 3 heterocycles. The Bertz CT molecular complexity index is 737. The zero-order valence-electron chi connectivity index (χ0n) is 16.7. The molecule has 29 heavy (non-hydrogen) atoms. The molecule has 4 aliphatic rings. The molecule has 9 nitrogen and oxygen atoms in total. The largest absolute Gasteiger partial charge is 0.459 e. The van der Waals surface area contributed by atoms with Crippen molar-refractivity contribution in [3.05, 3.63) is 12.2 Å². The van der Waals surface area contributed by atoms with Crippen LogP contribution in [0.5, 0.6) is 0 Å². The van der Waals surface area contributed by atoms with Crippen LogP contribution in [0.4, 0.5) is 0 Å². The summed E-state index contributed by atoms with van der Waals surface area (Å²) in [4.78, 5) is 24.6. The normalized spacial score (nSPS) is 51.6. The Hall–Kier alpha value is -1.52. The van der Waals surface area contributed by atoms with Crippen molar-refractivity contribution in [3.63, 3.8) is 0 Å². The summed E-state index contributed by atoms with van der Waals surface area (Å²) in [5.74, 6) is -1.98. The average molecular weight is 412 g/mol. The molecule has 7 unspecified atom stereocenters. The summed E-state index contributed by atoms with van der Waals surface area (Å²) in [6, 6.07) is 0. The second kappa shape index (κ2) is 6.49. The molecule has 1 spiro atoms. The minimum Gasteiger partial charge on any atom is -0.459 e. The van der Waals surface area contributed by atoms with E-state index in [4.69, 9.17) is 18.9 Å². The van der Waals surface area contributed by atoms with Crippen molar-refractivity contribution in [3.8, 4) is 0 Å². The lowest BCUT2D eigenvalue weighted by atomic mass is 9.50. The fourth-order valence-corrected chi connectivity index (χ4v) is 6.95. The van der Waals surface area contributed by atoms with Crippen LogP contribution in [0.25, 0.3) is 0 Å². The predicted octanol–water partition coefficient (Wildman–Crippen LogP) is -0.135. The van der Waals surface area contributed by atoms with Gasteiger partial charge in [-0.2, -0.15) is 0 Å². The van der Waals surface area contributed by atoms with E-state index in [9.17, 15) is 24.9 Å². The maximum atomic E-state index is 13.3. The molecule has 0 amide bonds. The Balaban J connectivity index is 2.07. The Morgan fingerprint density at radius 2 is 2.17 bits per heavy atom. The van der Waals surface area contributed by atoms with E-state index in [1.54, 1.807) is 20.8 Å². The van der Waals surface area contributed by atoms with Crippen LogP contribution in [0.2, 0.25) is 0 Å². The Labute approximate surface area is 168 Å². The van der Waals surface area contributed by atoms with Crippen molar-refractivity contribution in [1.82, 2.24) is 0 Å². The van der Waals surface area contributed by atoms with Crippen LogP contribution in [0.3, 0.4) is 0 Å². The molecule has 1 aliphatic carbocycles. The molecule has 3 N–H and O–H groups in total. The van der Waals surface area contributed by atoms with Crippen molar-refractivity contribution in [2.24, 2.45) is 22.7 Å². The van der Waals surface area contributed by atoms with E-state index in [2.05, 4.69) is 6.58 Å². The van der Waals surface area contributed by atoms with Gasteiger partial charge in [0.05, 0.1) is 29.6 Å². The van der Waals surface area contributed by atoms with Crippen molar-refractivity contribution in [1.29, 1.82) is 0 Å². The number of aliphatic hydroxyl groups is 3. The quantitative estimate of drug-likeness (QED) is 0.321. The lowest BCUT2D eigenvalue weighted by Gasteiger charge is -2.48. The van der Waals surface area contributed by atoms with Gasteiger partial charge < -0.3 is 34.3 Å². The summed E-state index contributed by atoms with van der Waals surface area (Å²) in [5, 5.41) is 31.7. The minimum absolute atomic E-state index is 0.0781. The third-order valence-electron chi connectivity index (χ3n) is 7.87. The van der Waals surface area contributed by atoms with E-state index in [1.807, 2.05) is 0 Å². The molecular formula is C20H28O9. The highest BCUT2D eigenvalue weighted by Gasteiger charge is 2.91. The summed E-state index contributed by atoms with van der Waals surface area (Å²) < 4.78 is 23.0. The van der Waals surface area contributed by atoms with Crippen molar-refractivity contribution >= 4 is 12.4 Å². The maximum absolute atomic E-state index is 13.3. The number of ether oxygens (including phenoxy) is 4. The number of esters is 1. The van der Waals surface area contributed by atoms with Crippen LogP contribution in [-0.4, -0.2) is 70.9 Å². The number of rotatable bonds is 5. The molecule has 0 bridgehead atoms. The third kappa shape index (κ3) is 2.07. The van der Waals surface area contributed by atoms with E-state index in [1.165, 1.54) is 0 Å². The van der Waals surface area contributed by atoms with Crippen LogP contribution in [0.15, 0.2) is 12.2 Å². The highest BCUT2D eigenvalue weighted by atomic mass is 16.7. The zero-order valence-corrected chi connectivity index (χ0v) is 16.7. The fraction of sp³-hybridized carbons (Fsp3) is 0.800. The molecule has 4 fully saturated rings. The smallest absolute Gasteiger partial charge is 0.340 e. The van der Waals surface area contributed by atoms with Crippen molar-refractivity contribution in [2.45, 2.75) is 70.1 Å². The summed E-state index contributed by atoms with van der Waals surface area (Å²) in [6.45, 7) is 8.87. The molecule has 0 radical (unpaired) electrons.